The highest BCUT2D eigenvalue weighted by Crippen LogP contribution is 2.33. The van der Waals surface area contributed by atoms with Crippen molar-refractivity contribution in [3.05, 3.63) is 42.2 Å². The van der Waals surface area contributed by atoms with Gasteiger partial charge in [-0.1, -0.05) is 11.8 Å². The van der Waals surface area contributed by atoms with Crippen molar-refractivity contribution >= 4 is 29.3 Å². The molecule has 2 heterocycles. The van der Waals surface area contributed by atoms with E-state index in [9.17, 15) is 18.4 Å². The lowest BCUT2D eigenvalue weighted by Gasteiger charge is -2.15. The second kappa shape index (κ2) is 5.53. The summed E-state index contributed by atoms with van der Waals surface area (Å²) in [7, 11) is 1.78. The summed E-state index contributed by atoms with van der Waals surface area (Å²) in [5.74, 6) is -3.02. The first-order valence-corrected chi connectivity index (χ1v) is 7.31. The fraction of sp³-hybridized carbons (Fsp3) is 0.214. The number of hydrogen-bond acceptors (Lipinski definition) is 4. The minimum absolute atomic E-state index is 0.00461. The van der Waals surface area contributed by atoms with Crippen LogP contribution >= 0.6 is 11.8 Å². The molecule has 8 heteroatoms. The van der Waals surface area contributed by atoms with Gasteiger partial charge in [0.25, 0.3) is 0 Å². The number of thioether (sulfide) groups is 1. The molecule has 1 aromatic carbocycles. The van der Waals surface area contributed by atoms with Crippen LogP contribution in [0.1, 0.15) is 6.42 Å². The van der Waals surface area contributed by atoms with Crippen LogP contribution in [0.5, 0.6) is 0 Å². The number of imide groups is 1. The zero-order chi connectivity index (χ0) is 15.9. The van der Waals surface area contributed by atoms with Crippen molar-refractivity contribution < 1.29 is 18.4 Å². The summed E-state index contributed by atoms with van der Waals surface area (Å²) < 4.78 is 28.0. The largest absolute Gasteiger partial charge is 0.329 e. The van der Waals surface area contributed by atoms with Gasteiger partial charge in [0.1, 0.15) is 5.25 Å². The van der Waals surface area contributed by atoms with E-state index in [-0.39, 0.29) is 12.1 Å². The van der Waals surface area contributed by atoms with Gasteiger partial charge in [0.2, 0.25) is 11.8 Å². The quantitative estimate of drug-likeness (QED) is 0.812. The molecule has 1 atom stereocenters. The normalized spacial score (nSPS) is 18.3. The fourth-order valence-electron chi connectivity index (χ4n) is 2.18. The van der Waals surface area contributed by atoms with Crippen molar-refractivity contribution in [3.63, 3.8) is 0 Å². The van der Waals surface area contributed by atoms with Crippen molar-refractivity contribution in [3.8, 4) is 0 Å². The van der Waals surface area contributed by atoms with Crippen LogP contribution in [0.4, 0.5) is 14.5 Å². The average molecular weight is 323 g/mol. The van der Waals surface area contributed by atoms with E-state index in [4.69, 9.17) is 0 Å². The van der Waals surface area contributed by atoms with Crippen LogP contribution in [0.3, 0.4) is 0 Å². The molecule has 0 spiro atoms. The Morgan fingerprint density at radius 2 is 2.05 bits per heavy atom. The minimum Gasteiger partial charge on any atom is -0.329 e. The molecule has 3 rings (SSSR count). The second-order valence-electron chi connectivity index (χ2n) is 4.80. The van der Waals surface area contributed by atoms with Crippen LogP contribution in [0.15, 0.2) is 35.7 Å². The first kappa shape index (κ1) is 14.7. The Morgan fingerprint density at radius 3 is 2.68 bits per heavy atom. The van der Waals surface area contributed by atoms with E-state index < -0.39 is 28.7 Å². The van der Waals surface area contributed by atoms with Gasteiger partial charge in [-0.25, -0.2) is 18.7 Å². The van der Waals surface area contributed by atoms with E-state index >= 15 is 0 Å². The highest BCUT2D eigenvalue weighted by atomic mass is 32.2. The van der Waals surface area contributed by atoms with E-state index in [2.05, 4.69) is 4.98 Å². The zero-order valence-corrected chi connectivity index (χ0v) is 12.3. The molecule has 1 fully saturated rings. The predicted molar refractivity (Wildman–Crippen MR) is 76.3 cm³/mol. The Morgan fingerprint density at radius 1 is 1.27 bits per heavy atom. The molecule has 1 aliphatic heterocycles. The SMILES string of the molecule is Cn1ccnc1SC1CC(=O)N(c2ccc(F)c(F)c2)C1=O. The van der Waals surface area contributed by atoms with Gasteiger partial charge in [0.15, 0.2) is 16.8 Å². The third-order valence-corrected chi connectivity index (χ3v) is 4.55. The molecule has 0 aliphatic carbocycles. The third kappa shape index (κ3) is 2.50. The summed E-state index contributed by atoms with van der Waals surface area (Å²) in [5, 5.41) is -0.0139. The Bertz CT molecular complexity index is 762. The van der Waals surface area contributed by atoms with Gasteiger partial charge in [-0.2, -0.15) is 0 Å². The number of imidazole rings is 1. The molecule has 1 saturated heterocycles. The molecule has 114 valence electrons. The van der Waals surface area contributed by atoms with E-state index in [0.717, 1.165) is 17.0 Å². The van der Waals surface area contributed by atoms with E-state index in [0.29, 0.717) is 5.16 Å². The third-order valence-electron chi connectivity index (χ3n) is 3.29. The maximum Gasteiger partial charge on any atom is 0.247 e. The number of carbonyl (C=O) groups is 2. The van der Waals surface area contributed by atoms with E-state index in [1.807, 2.05) is 0 Å². The van der Waals surface area contributed by atoms with Gasteiger partial charge in [0.05, 0.1) is 5.69 Å². The fourth-order valence-corrected chi connectivity index (χ4v) is 3.22. The smallest absolute Gasteiger partial charge is 0.247 e. The standard InChI is InChI=1S/C14H11F2N3O2S/c1-18-5-4-17-14(18)22-11-7-12(20)19(13(11)21)8-2-3-9(15)10(16)6-8/h2-6,11H,7H2,1H3. The number of carbonyl (C=O) groups excluding carboxylic acids is 2. The van der Waals surface area contributed by atoms with Crippen molar-refractivity contribution in [2.24, 2.45) is 7.05 Å². The molecule has 0 radical (unpaired) electrons. The Labute approximate surface area is 128 Å². The molecule has 2 aromatic rings. The van der Waals surface area contributed by atoms with Crippen molar-refractivity contribution in [1.82, 2.24) is 9.55 Å². The summed E-state index contributed by atoms with van der Waals surface area (Å²) in [6.45, 7) is 0. The number of nitrogens with zero attached hydrogens (tertiary/aromatic N) is 3. The molecule has 0 saturated carbocycles. The van der Waals surface area contributed by atoms with Crippen LogP contribution in [-0.4, -0.2) is 26.6 Å². The molecule has 0 N–H and O–H groups in total. The van der Waals surface area contributed by atoms with Crippen LogP contribution in [0.2, 0.25) is 0 Å². The molecule has 5 nitrogen and oxygen atoms in total. The average Bonchev–Trinajstić information content (AvgIpc) is 2.99. The number of rotatable bonds is 3. The summed E-state index contributed by atoms with van der Waals surface area (Å²) in [5.41, 5.74) is 0.0387. The van der Waals surface area contributed by atoms with Crippen LogP contribution in [0.25, 0.3) is 0 Å². The maximum atomic E-state index is 13.3. The summed E-state index contributed by atoms with van der Waals surface area (Å²) in [6.07, 6.45) is 3.32. The topological polar surface area (TPSA) is 55.2 Å². The van der Waals surface area contributed by atoms with Gasteiger partial charge in [-0.05, 0) is 12.1 Å². The molecule has 1 aromatic heterocycles. The lowest BCUT2D eigenvalue weighted by atomic mass is 10.3. The Balaban J connectivity index is 1.85. The highest BCUT2D eigenvalue weighted by molar-refractivity contribution is 8.00. The van der Waals surface area contributed by atoms with Crippen molar-refractivity contribution in [2.75, 3.05) is 4.90 Å². The van der Waals surface area contributed by atoms with Crippen LogP contribution < -0.4 is 4.90 Å². The number of amides is 2. The number of aromatic nitrogens is 2. The van der Waals surface area contributed by atoms with Gasteiger partial charge < -0.3 is 4.57 Å². The van der Waals surface area contributed by atoms with Gasteiger partial charge in [-0.3, -0.25) is 9.59 Å². The predicted octanol–water partition coefficient (Wildman–Crippen LogP) is 2.12. The monoisotopic (exact) mass is 323 g/mol. The minimum atomic E-state index is -1.10. The molecule has 22 heavy (non-hydrogen) atoms. The number of anilines is 1. The second-order valence-corrected chi connectivity index (χ2v) is 5.97. The van der Waals surface area contributed by atoms with Gasteiger partial charge in [-0.15, -0.1) is 0 Å². The first-order valence-electron chi connectivity index (χ1n) is 6.43. The van der Waals surface area contributed by atoms with E-state index in [1.165, 1.54) is 17.8 Å². The molecule has 1 aliphatic rings. The molecule has 2 amide bonds. The summed E-state index contributed by atoms with van der Waals surface area (Å²) in [6, 6.07) is 2.95. The lowest BCUT2D eigenvalue weighted by molar-refractivity contribution is -0.121. The number of halogens is 2. The lowest BCUT2D eigenvalue weighted by Crippen LogP contribution is -2.31. The van der Waals surface area contributed by atoms with Gasteiger partial charge >= 0.3 is 0 Å². The number of hydrogen-bond donors (Lipinski definition) is 0. The van der Waals surface area contributed by atoms with Gasteiger partial charge in [0, 0.05) is 31.9 Å². The zero-order valence-electron chi connectivity index (χ0n) is 11.5. The van der Waals surface area contributed by atoms with E-state index in [1.54, 1.807) is 24.0 Å². The van der Waals surface area contributed by atoms with Crippen LogP contribution in [0, 0.1) is 11.6 Å². The maximum absolute atomic E-state index is 13.3. The highest BCUT2D eigenvalue weighted by Gasteiger charge is 2.41. The molecule has 1 unspecified atom stereocenters. The van der Waals surface area contributed by atoms with Crippen molar-refractivity contribution in [1.29, 1.82) is 0 Å². The van der Waals surface area contributed by atoms with Crippen LogP contribution in [-0.2, 0) is 16.6 Å². The molecular formula is C14H11F2N3O2S. The Hall–Kier alpha value is -2.22. The number of benzene rings is 1. The first-order chi connectivity index (χ1) is 10.5. The summed E-state index contributed by atoms with van der Waals surface area (Å²) in [4.78, 5) is 29.4. The molecular weight excluding hydrogens is 312 g/mol. The van der Waals surface area contributed by atoms with Crippen molar-refractivity contribution in [2.45, 2.75) is 16.8 Å². The molecule has 0 bridgehead atoms. The number of aryl methyl sites for hydroxylation is 1. The summed E-state index contributed by atoms with van der Waals surface area (Å²) >= 11 is 1.17. The Kier molecular flexibility index (Phi) is 3.69.